The first-order chi connectivity index (χ1) is 13.9. The lowest BCUT2D eigenvalue weighted by atomic mass is 9.98. The first kappa shape index (κ1) is 22.2. The average molecular weight is 424 g/mol. The molecule has 2 fully saturated rings. The van der Waals surface area contributed by atoms with Crippen molar-refractivity contribution in [2.45, 2.75) is 56.1 Å². The maximum absolute atomic E-state index is 12.5. The van der Waals surface area contributed by atoms with E-state index >= 15 is 0 Å². The summed E-state index contributed by atoms with van der Waals surface area (Å²) in [7, 11) is -1.79. The molecule has 0 saturated carbocycles. The number of benzene rings is 1. The zero-order chi connectivity index (χ0) is 20.9. The number of methoxy groups -OCH3 is 1. The van der Waals surface area contributed by atoms with Crippen LogP contribution in [-0.4, -0.2) is 76.1 Å². The van der Waals surface area contributed by atoms with Gasteiger partial charge in [0, 0.05) is 52.3 Å². The van der Waals surface area contributed by atoms with Crippen LogP contribution >= 0.6 is 0 Å². The Morgan fingerprint density at radius 2 is 1.83 bits per heavy atom. The molecule has 2 heterocycles. The summed E-state index contributed by atoms with van der Waals surface area (Å²) in [6, 6.07) is 7.31. The monoisotopic (exact) mass is 423 g/mol. The van der Waals surface area contributed by atoms with Crippen LogP contribution in [0.15, 0.2) is 29.2 Å². The molecule has 0 unspecified atom stereocenters. The van der Waals surface area contributed by atoms with Crippen LogP contribution in [0.2, 0.25) is 0 Å². The van der Waals surface area contributed by atoms with Crippen LogP contribution in [-0.2, 0) is 19.6 Å². The molecule has 7 nitrogen and oxygen atoms in total. The predicted molar refractivity (Wildman–Crippen MR) is 112 cm³/mol. The molecule has 0 atom stereocenters. The highest BCUT2D eigenvalue weighted by Crippen LogP contribution is 2.22. The molecule has 0 aliphatic carbocycles. The molecule has 1 aromatic rings. The number of sulfonamides is 1. The molecule has 1 amide bonds. The van der Waals surface area contributed by atoms with E-state index in [2.05, 4.69) is 9.62 Å². The molecule has 2 aliphatic rings. The summed E-state index contributed by atoms with van der Waals surface area (Å²) < 4.78 is 32.7. The Bertz CT molecular complexity index is 783. The fourth-order valence-corrected chi connectivity index (χ4v) is 5.41. The second kappa shape index (κ2) is 10.0. The molecular formula is C21H33N3O4S. The molecule has 29 heavy (non-hydrogen) atoms. The van der Waals surface area contributed by atoms with Gasteiger partial charge in [-0.3, -0.25) is 4.79 Å². The maximum Gasteiger partial charge on any atom is 0.240 e. The van der Waals surface area contributed by atoms with Gasteiger partial charge in [-0.2, -0.15) is 0 Å². The van der Waals surface area contributed by atoms with Crippen LogP contribution in [0, 0.1) is 6.92 Å². The second-order valence-electron chi connectivity index (χ2n) is 8.05. The topological polar surface area (TPSA) is 79.0 Å². The van der Waals surface area contributed by atoms with Gasteiger partial charge in [-0.05, 0) is 50.3 Å². The number of likely N-dealkylation sites (tertiary alicyclic amines) is 2. The van der Waals surface area contributed by atoms with Crippen molar-refractivity contribution in [3.8, 4) is 0 Å². The summed E-state index contributed by atoms with van der Waals surface area (Å²) in [4.78, 5) is 17.1. The van der Waals surface area contributed by atoms with Crippen LogP contribution in [0.25, 0.3) is 0 Å². The van der Waals surface area contributed by atoms with Crippen LogP contribution in [0.3, 0.4) is 0 Å². The smallest absolute Gasteiger partial charge is 0.240 e. The number of piperidine rings is 2. The first-order valence-corrected chi connectivity index (χ1v) is 12.0. The highest BCUT2D eigenvalue weighted by molar-refractivity contribution is 7.89. The van der Waals surface area contributed by atoms with Gasteiger partial charge in [-0.1, -0.05) is 12.1 Å². The van der Waals surface area contributed by atoms with Gasteiger partial charge < -0.3 is 14.5 Å². The van der Waals surface area contributed by atoms with E-state index in [0.29, 0.717) is 12.1 Å². The van der Waals surface area contributed by atoms with E-state index in [4.69, 9.17) is 4.74 Å². The molecule has 0 radical (unpaired) electrons. The zero-order valence-electron chi connectivity index (χ0n) is 17.5. The highest BCUT2D eigenvalue weighted by Gasteiger charge is 2.29. The summed E-state index contributed by atoms with van der Waals surface area (Å²) in [6.45, 7) is 5.61. The summed E-state index contributed by atoms with van der Waals surface area (Å²) in [5.41, 5.74) is 0.887. The maximum atomic E-state index is 12.5. The molecule has 2 aliphatic heterocycles. The van der Waals surface area contributed by atoms with E-state index in [0.717, 1.165) is 57.4 Å². The number of carbonyl (C=O) groups is 1. The molecule has 0 aromatic heterocycles. The van der Waals surface area contributed by atoms with Crippen molar-refractivity contribution in [1.82, 2.24) is 14.5 Å². The Labute approximate surface area is 174 Å². The van der Waals surface area contributed by atoms with Gasteiger partial charge in [-0.15, -0.1) is 0 Å². The summed E-state index contributed by atoms with van der Waals surface area (Å²) in [5.74, 6) is 0.0217. The summed E-state index contributed by atoms with van der Waals surface area (Å²) in [6.07, 6.45) is 4.70. The van der Waals surface area contributed by atoms with Crippen molar-refractivity contribution in [2.24, 2.45) is 0 Å². The number of nitrogens with one attached hydrogen (secondary N) is 1. The third kappa shape index (κ3) is 6.01. The van der Waals surface area contributed by atoms with Crippen molar-refractivity contribution in [3.63, 3.8) is 0 Å². The molecule has 3 rings (SSSR count). The first-order valence-electron chi connectivity index (χ1n) is 10.5. The van der Waals surface area contributed by atoms with E-state index in [1.54, 1.807) is 25.3 Å². The number of hydrogen-bond acceptors (Lipinski definition) is 5. The fourth-order valence-electron chi connectivity index (χ4n) is 4.27. The summed E-state index contributed by atoms with van der Waals surface area (Å²) >= 11 is 0. The molecular weight excluding hydrogens is 390 g/mol. The van der Waals surface area contributed by atoms with Crippen LogP contribution in [0.4, 0.5) is 0 Å². The molecule has 8 heteroatoms. The SMILES string of the molecule is COC1CCN(C2CCN(C(=O)CCNS(=O)(=O)c3cccc(C)c3)CC2)CC1. The minimum absolute atomic E-state index is 0.0217. The minimum Gasteiger partial charge on any atom is -0.381 e. The molecule has 1 aromatic carbocycles. The van der Waals surface area contributed by atoms with Crippen LogP contribution in [0.5, 0.6) is 0 Å². The van der Waals surface area contributed by atoms with Gasteiger partial charge >= 0.3 is 0 Å². The van der Waals surface area contributed by atoms with Crippen molar-refractivity contribution in [1.29, 1.82) is 0 Å². The Kier molecular flexibility index (Phi) is 7.67. The Morgan fingerprint density at radius 3 is 2.45 bits per heavy atom. The Hall–Kier alpha value is -1.48. The van der Waals surface area contributed by atoms with Crippen molar-refractivity contribution in [2.75, 3.05) is 39.8 Å². The van der Waals surface area contributed by atoms with E-state index in [1.807, 2.05) is 17.9 Å². The Morgan fingerprint density at radius 1 is 1.14 bits per heavy atom. The summed E-state index contributed by atoms with van der Waals surface area (Å²) in [5, 5.41) is 0. The van der Waals surface area contributed by atoms with E-state index in [-0.39, 0.29) is 23.8 Å². The van der Waals surface area contributed by atoms with E-state index in [1.165, 1.54) is 0 Å². The number of amides is 1. The lowest BCUT2D eigenvalue weighted by molar-refractivity contribution is -0.132. The number of aryl methyl sites for hydroxylation is 1. The largest absolute Gasteiger partial charge is 0.381 e. The molecule has 162 valence electrons. The number of nitrogens with zero attached hydrogens (tertiary/aromatic N) is 2. The van der Waals surface area contributed by atoms with Crippen molar-refractivity contribution < 1.29 is 17.9 Å². The predicted octanol–water partition coefficient (Wildman–Crippen LogP) is 1.77. The van der Waals surface area contributed by atoms with Gasteiger partial charge in [0.2, 0.25) is 15.9 Å². The van der Waals surface area contributed by atoms with Gasteiger partial charge in [0.15, 0.2) is 0 Å². The van der Waals surface area contributed by atoms with Crippen molar-refractivity contribution >= 4 is 15.9 Å². The van der Waals surface area contributed by atoms with E-state index < -0.39 is 10.0 Å². The lowest BCUT2D eigenvalue weighted by Crippen LogP contribution is -2.50. The minimum atomic E-state index is -3.58. The number of ether oxygens (including phenoxy) is 1. The number of hydrogen-bond donors (Lipinski definition) is 1. The normalized spacial score (nSPS) is 20.1. The van der Waals surface area contributed by atoms with Crippen LogP contribution < -0.4 is 4.72 Å². The third-order valence-electron chi connectivity index (χ3n) is 6.07. The standard InChI is InChI=1S/C21H33N3O4S/c1-17-4-3-5-20(16-17)29(26,27)22-11-6-21(25)24-12-7-18(8-13-24)23-14-9-19(28-2)10-15-23/h3-5,16,18-19,22H,6-15H2,1-2H3. The quantitative estimate of drug-likeness (QED) is 0.723. The molecule has 0 spiro atoms. The lowest BCUT2D eigenvalue weighted by Gasteiger charge is -2.41. The van der Waals surface area contributed by atoms with Gasteiger partial charge in [0.25, 0.3) is 0 Å². The van der Waals surface area contributed by atoms with E-state index in [9.17, 15) is 13.2 Å². The number of rotatable bonds is 7. The number of carbonyl (C=O) groups excluding carboxylic acids is 1. The van der Waals surface area contributed by atoms with Crippen LogP contribution in [0.1, 0.15) is 37.7 Å². The van der Waals surface area contributed by atoms with Gasteiger partial charge in [0.05, 0.1) is 11.0 Å². The third-order valence-corrected chi connectivity index (χ3v) is 7.53. The zero-order valence-corrected chi connectivity index (χ0v) is 18.3. The fraction of sp³-hybridized carbons (Fsp3) is 0.667. The van der Waals surface area contributed by atoms with Gasteiger partial charge in [0.1, 0.15) is 0 Å². The molecule has 2 saturated heterocycles. The van der Waals surface area contributed by atoms with Gasteiger partial charge in [-0.25, -0.2) is 13.1 Å². The molecule has 1 N–H and O–H groups in total. The Balaban J connectivity index is 1.40. The van der Waals surface area contributed by atoms with Crippen molar-refractivity contribution in [3.05, 3.63) is 29.8 Å². The highest BCUT2D eigenvalue weighted by atomic mass is 32.2. The second-order valence-corrected chi connectivity index (χ2v) is 9.81. The average Bonchev–Trinajstić information content (AvgIpc) is 2.74. The molecule has 0 bridgehead atoms.